The Balaban J connectivity index is 1.35. The summed E-state index contributed by atoms with van der Waals surface area (Å²) in [6.45, 7) is 1.49. The number of hydrogen-bond acceptors (Lipinski definition) is 3. The number of rotatable bonds is 5. The van der Waals surface area contributed by atoms with Crippen molar-refractivity contribution in [3.8, 4) is 0 Å². The summed E-state index contributed by atoms with van der Waals surface area (Å²) in [6, 6.07) is 19.3. The maximum Gasteiger partial charge on any atom is 0.318 e. The topological polar surface area (TPSA) is 81.8 Å². The van der Waals surface area contributed by atoms with Crippen molar-refractivity contribution in [2.24, 2.45) is 11.8 Å². The van der Waals surface area contributed by atoms with Gasteiger partial charge in [-0.1, -0.05) is 60.7 Å². The van der Waals surface area contributed by atoms with Gasteiger partial charge in [0.25, 0.3) is 0 Å². The molecule has 2 aromatic rings. The first-order valence-corrected chi connectivity index (χ1v) is 11.1. The molecule has 4 rings (SSSR count). The van der Waals surface area contributed by atoms with Crippen molar-refractivity contribution < 1.29 is 14.4 Å². The summed E-state index contributed by atoms with van der Waals surface area (Å²) in [5, 5.41) is 5.95. The Hall–Kier alpha value is -3.35. The summed E-state index contributed by atoms with van der Waals surface area (Å²) < 4.78 is 0. The molecule has 0 spiro atoms. The third-order valence-electron chi connectivity index (χ3n) is 6.39. The smallest absolute Gasteiger partial charge is 0.318 e. The minimum Gasteiger partial charge on any atom is -0.351 e. The average Bonchev–Trinajstić information content (AvgIpc) is 3.12. The maximum absolute atomic E-state index is 13.1. The number of carbonyl (C=O) groups is 3. The Labute approximate surface area is 188 Å². The summed E-state index contributed by atoms with van der Waals surface area (Å²) in [5.74, 6) is -0.149. The first-order valence-electron chi connectivity index (χ1n) is 11.1. The molecule has 1 aliphatic heterocycles. The van der Waals surface area contributed by atoms with Gasteiger partial charge < -0.3 is 20.4 Å². The quantitative estimate of drug-likeness (QED) is 0.758. The molecule has 0 bridgehead atoms. The summed E-state index contributed by atoms with van der Waals surface area (Å²) in [5.41, 5.74) is 2.09. The number of hydrogen-bond donors (Lipinski definition) is 2. The monoisotopic (exact) mass is 434 g/mol. The molecule has 32 heavy (non-hydrogen) atoms. The van der Waals surface area contributed by atoms with E-state index in [1.165, 1.54) is 0 Å². The highest BCUT2D eigenvalue weighted by Gasteiger charge is 2.42. The van der Waals surface area contributed by atoms with Crippen LogP contribution in [0.1, 0.15) is 24.0 Å². The van der Waals surface area contributed by atoms with Crippen LogP contribution < -0.4 is 10.6 Å². The maximum atomic E-state index is 13.1. The van der Waals surface area contributed by atoms with E-state index in [4.69, 9.17) is 0 Å². The third kappa shape index (κ3) is 5.28. The van der Waals surface area contributed by atoms with Gasteiger partial charge in [-0.05, 0) is 29.9 Å². The van der Waals surface area contributed by atoms with Gasteiger partial charge in [0.2, 0.25) is 11.8 Å². The Kier molecular flexibility index (Phi) is 6.73. The van der Waals surface area contributed by atoms with Crippen LogP contribution in [0.25, 0.3) is 0 Å². The lowest BCUT2D eigenvalue weighted by Crippen LogP contribution is -2.44. The first-order chi connectivity index (χ1) is 15.5. The lowest BCUT2D eigenvalue weighted by atomic mass is 10.0. The standard InChI is InChI=1S/C25H30N4O3/c1-28(15-19-10-6-3-7-11-19)24(31)20-12-21-16-29(17-23(30)27-22(21)13-20)25(32)26-14-18-8-4-2-5-9-18/h2-11,20-22H,12-17H2,1H3,(H,26,32)(H,27,30)/t20-,21+,22+/m0/s1. The van der Waals surface area contributed by atoms with Gasteiger partial charge in [-0.15, -0.1) is 0 Å². The Morgan fingerprint density at radius 2 is 1.69 bits per heavy atom. The second-order valence-electron chi connectivity index (χ2n) is 8.81. The largest absolute Gasteiger partial charge is 0.351 e. The number of urea groups is 1. The molecule has 7 heteroatoms. The van der Waals surface area contributed by atoms with Crippen LogP contribution in [-0.4, -0.2) is 53.8 Å². The van der Waals surface area contributed by atoms with Crippen LogP contribution in [0, 0.1) is 11.8 Å². The van der Waals surface area contributed by atoms with Gasteiger partial charge in [0.1, 0.15) is 6.54 Å². The summed E-state index contributed by atoms with van der Waals surface area (Å²) in [6.07, 6.45) is 1.29. The number of carbonyl (C=O) groups excluding carboxylic acids is 3. The van der Waals surface area contributed by atoms with Crippen molar-refractivity contribution in [3.05, 3.63) is 71.8 Å². The predicted molar refractivity (Wildman–Crippen MR) is 121 cm³/mol. The fourth-order valence-corrected chi connectivity index (χ4v) is 4.77. The van der Waals surface area contributed by atoms with Crippen molar-refractivity contribution in [2.75, 3.05) is 20.1 Å². The Morgan fingerprint density at radius 1 is 1.03 bits per heavy atom. The van der Waals surface area contributed by atoms with E-state index in [1.54, 1.807) is 9.80 Å². The highest BCUT2D eigenvalue weighted by molar-refractivity contribution is 5.85. The molecule has 0 aromatic heterocycles. The van der Waals surface area contributed by atoms with Crippen LogP contribution in [0.3, 0.4) is 0 Å². The van der Waals surface area contributed by atoms with E-state index in [0.717, 1.165) is 11.1 Å². The van der Waals surface area contributed by atoms with Crippen molar-refractivity contribution in [1.82, 2.24) is 20.4 Å². The molecule has 4 amide bonds. The molecule has 2 N–H and O–H groups in total. The summed E-state index contributed by atoms with van der Waals surface area (Å²) >= 11 is 0. The van der Waals surface area contributed by atoms with Crippen molar-refractivity contribution >= 4 is 17.8 Å². The van der Waals surface area contributed by atoms with Crippen LogP contribution in [0.5, 0.6) is 0 Å². The molecule has 7 nitrogen and oxygen atoms in total. The molecule has 1 aliphatic carbocycles. The van der Waals surface area contributed by atoms with E-state index < -0.39 is 0 Å². The van der Waals surface area contributed by atoms with Gasteiger partial charge >= 0.3 is 6.03 Å². The normalized spacial score (nSPS) is 22.5. The van der Waals surface area contributed by atoms with E-state index in [2.05, 4.69) is 10.6 Å². The second kappa shape index (κ2) is 9.85. The first kappa shape index (κ1) is 21.9. The van der Waals surface area contributed by atoms with Crippen LogP contribution in [0.2, 0.25) is 0 Å². The molecular formula is C25H30N4O3. The van der Waals surface area contributed by atoms with Crippen LogP contribution in [0.15, 0.2) is 60.7 Å². The van der Waals surface area contributed by atoms with E-state index >= 15 is 0 Å². The van der Waals surface area contributed by atoms with Gasteiger partial charge in [0, 0.05) is 38.6 Å². The molecule has 1 saturated carbocycles. The molecule has 1 saturated heterocycles. The molecule has 2 fully saturated rings. The average molecular weight is 435 g/mol. The number of nitrogens with one attached hydrogen (secondary N) is 2. The zero-order chi connectivity index (χ0) is 22.5. The third-order valence-corrected chi connectivity index (χ3v) is 6.39. The molecule has 3 atom stereocenters. The van der Waals surface area contributed by atoms with Crippen molar-refractivity contribution in [2.45, 2.75) is 32.0 Å². The van der Waals surface area contributed by atoms with Crippen LogP contribution >= 0.6 is 0 Å². The number of amides is 4. The SMILES string of the molecule is CN(Cc1ccccc1)C(=O)[C@H]1C[C@@H]2CN(C(=O)NCc3ccccc3)CC(=O)N[C@@H]2C1. The Morgan fingerprint density at radius 3 is 2.38 bits per heavy atom. The van der Waals surface area contributed by atoms with E-state index in [9.17, 15) is 14.4 Å². The fraction of sp³-hybridized carbons (Fsp3) is 0.400. The lowest BCUT2D eigenvalue weighted by Gasteiger charge is -2.24. The number of nitrogens with zero attached hydrogens (tertiary/aromatic N) is 2. The minimum atomic E-state index is -0.249. The van der Waals surface area contributed by atoms with Crippen LogP contribution in [-0.2, 0) is 22.7 Å². The number of fused-ring (bicyclic) bond motifs is 1. The molecular weight excluding hydrogens is 404 g/mol. The molecule has 168 valence electrons. The van der Waals surface area contributed by atoms with Gasteiger partial charge in [0.15, 0.2) is 0 Å². The molecule has 0 radical (unpaired) electrons. The van der Waals surface area contributed by atoms with Gasteiger partial charge in [-0.3, -0.25) is 9.59 Å². The minimum absolute atomic E-state index is 0.0418. The van der Waals surface area contributed by atoms with Gasteiger partial charge in [0.05, 0.1) is 0 Å². The van der Waals surface area contributed by atoms with Gasteiger partial charge in [-0.25, -0.2) is 4.79 Å². The zero-order valence-corrected chi connectivity index (χ0v) is 18.4. The van der Waals surface area contributed by atoms with E-state index in [0.29, 0.717) is 32.5 Å². The molecule has 1 heterocycles. The lowest BCUT2D eigenvalue weighted by molar-refractivity contribution is -0.134. The van der Waals surface area contributed by atoms with E-state index in [1.807, 2.05) is 67.7 Å². The summed E-state index contributed by atoms with van der Waals surface area (Å²) in [4.78, 5) is 41.6. The van der Waals surface area contributed by atoms with Gasteiger partial charge in [-0.2, -0.15) is 0 Å². The highest BCUT2D eigenvalue weighted by atomic mass is 16.2. The Bertz CT molecular complexity index is 950. The van der Waals surface area contributed by atoms with E-state index in [-0.39, 0.29) is 42.3 Å². The number of benzene rings is 2. The fourth-order valence-electron chi connectivity index (χ4n) is 4.77. The molecule has 0 unspecified atom stereocenters. The second-order valence-corrected chi connectivity index (χ2v) is 8.81. The summed E-state index contributed by atoms with van der Waals surface area (Å²) in [7, 11) is 1.82. The van der Waals surface area contributed by atoms with Crippen molar-refractivity contribution in [1.29, 1.82) is 0 Å². The zero-order valence-electron chi connectivity index (χ0n) is 18.4. The van der Waals surface area contributed by atoms with Crippen LogP contribution in [0.4, 0.5) is 4.79 Å². The molecule has 2 aliphatic rings. The predicted octanol–water partition coefficient (Wildman–Crippen LogP) is 2.38. The molecule has 2 aromatic carbocycles. The highest BCUT2D eigenvalue weighted by Crippen LogP contribution is 2.34. The van der Waals surface area contributed by atoms with Crippen molar-refractivity contribution in [3.63, 3.8) is 0 Å².